The molecule has 1 unspecified atom stereocenters. The van der Waals surface area contributed by atoms with E-state index in [1.165, 1.54) is 18.2 Å². The number of benzene rings is 1. The van der Waals surface area contributed by atoms with E-state index in [0.29, 0.717) is 18.8 Å². The lowest BCUT2D eigenvalue weighted by Gasteiger charge is -2.33. The third-order valence-corrected chi connectivity index (χ3v) is 5.50. The van der Waals surface area contributed by atoms with Gasteiger partial charge in [-0.2, -0.15) is 0 Å². The first kappa shape index (κ1) is 16.6. The molecule has 116 valence electrons. The van der Waals surface area contributed by atoms with Crippen LogP contribution in [-0.2, 0) is 14.8 Å². The van der Waals surface area contributed by atoms with E-state index >= 15 is 0 Å². The van der Waals surface area contributed by atoms with E-state index in [1.54, 1.807) is 0 Å². The standard InChI is InChI=1S/C13H17ClN2O3S2/c1-13(5-2-6-19-8-13)16-21(17,18)9-3-4-10(12(15)20)11(14)7-9/h3-4,7,16H,2,5-6,8H2,1H3,(H2,15,20). The van der Waals surface area contributed by atoms with Crippen molar-refractivity contribution in [3.63, 3.8) is 0 Å². The maximum absolute atomic E-state index is 12.4. The highest BCUT2D eigenvalue weighted by molar-refractivity contribution is 7.89. The fraction of sp³-hybridized carbons (Fsp3) is 0.462. The number of rotatable bonds is 4. The van der Waals surface area contributed by atoms with Crippen LogP contribution in [0.5, 0.6) is 0 Å². The summed E-state index contributed by atoms with van der Waals surface area (Å²) in [5.74, 6) is 0. The lowest BCUT2D eigenvalue weighted by molar-refractivity contribution is 0.0386. The molecule has 0 aromatic heterocycles. The van der Waals surface area contributed by atoms with Crippen molar-refractivity contribution in [3.8, 4) is 0 Å². The predicted octanol–water partition coefficient (Wildman–Crippen LogP) is 1.82. The summed E-state index contributed by atoms with van der Waals surface area (Å²) >= 11 is 10.9. The second-order valence-electron chi connectivity index (χ2n) is 5.33. The second-order valence-corrected chi connectivity index (χ2v) is 7.86. The van der Waals surface area contributed by atoms with Gasteiger partial charge in [0.2, 0.25) is 10.0 Å². The molecule has 1 fully saturated rings. The van der Waals surface area contributed by atoms with Crippen molar-refractivity contribution in [2.75, 3.05) is 13.2 Å². The molecule has 1 heterocycles. The summed E-state index contributed by atoms with van der Waals surface area (Å²) in [4.78, 5) is 0.212. The summed E-state index contributed by atoms with van der Waals surface area (Å²) in [6.07, 6.45) is 1.55. The van der Waals surface area contributed by atoms with Gasteiger partial charge in [0.25, 0.3) is 0 Å². The molecule has 1 aliphatic rings. The molecule has 0 radical (unpaired) electrons. The Labute approximate surface area is 134 Å². The van der Waals surface area contributed by atoms with Crippen LogP contribution in [0.1, 0.15) is 25.3 Å². The molecule has 0 amide bonds. The number of halogens is 1. The smallest absolute Gasteiger partial charge is 0.241 e. The number of thiocarbonyl (C=S) groups is 1. The summed E-state index contributed by atoms with van der Waals surface area (Å²) in [5.41, 5.74) is 5.36. The van der Waals surface area contributed by atoms with Crippen molar-refractivity contribution in [1.29, 1.82) is 0 Å². The zero-order chi connectivity index (χ0) is 15.7. The van der Waals surface area contributed by atoms with Crippen molar-refractivity contribution in [2.45, 2.75) is 30.2 Å². The largest absolute Gasteiger partial charge is 0.389 e. The maximum Gasteiger partial charge on any atom is 0.241 e. The topological polar surface area (TPSA) is 81.4 Å². The highest BCUT2D eigenvalue weighted by atomic mass is 35.5. The van der Waals surface area contributed by atoms with Crippen LogP contribution in [0.25, 0.3) is 0 Å². The zero-order valence-corrected chi connectivity index (χ0v) is 13.9. The molecule has 5 nitrogen and oxygen atoms in total. The van der Waals surface area contributed by atoms with Crippen LogP contribution in [0.4, 0.5) is 0 Å². The maximum atomic E-state index is 12.4. The third kappa shape index (κ3) is 3.92. The fourth-order valence-corrected chi connectivity index (χ4v) is 4.29. The van der Waals surface area contributed by atoms with E-state index in [-0.39, 0.29) is 14.9 Å². The Hall–Kier alpha value is -0.730. The lowest BCUT2D eigenvalue weighted by atomic mass is 9.97. The number of ether oxygens (including phenoxy) is 1. The molecule has 1 aliphatic heterocycles. The van der Waals surface area contributed by atoms with E-state index in [1.807, 2.05) is 6.92 Å². The van der Waals surface area contributed by atoms with Gasteiger partial charge in [-0.05, 0) is 38.0 Å². The number of hydrogen-bond acceptors (Lipinski definition) is 4. The summed E-state index contributed by atoms with van der Waals surface area (Å²) < 4.78 is 32.9. The number of nitrogens with one attached hydrogen (secondary N) is 1. The summed E-state index contributed by atoms with van der Waals surface area (Å²) in [6, 6.07) is 4.31. The van der Waals surface area contributed by atoms with Gasteiger partial charge in [0.1, 0.15) is 4.99 Å². The van der Waals surface area contributed by atoms with Gasteiger partial charge in [-0.25, -0.2) is 13.1 Å². The van der Waals surface area contributed by atoms with Crippen molar-refractivity contribution >= 4 is 38.8 Å². The first-order chi connectivity index (χ1) is 9.73. The average molecular weight is 349 g/mol. The molecule has 0 saturated carbocycles. The Balaban J connectivity index is 2.27. The Morgan fingerprint density at radius 3 is 2.76 bits per heavy atom. The molecule has 3 N–H and O–H groups in total. The van der Waals surface area contributed by atoms with Crippen LogP contribution in [0, 0.1) is 0 Å². The number of nitrogens with two attached hydrogens (primary N) is 1. The summed E-state index contributed by atoms with van der Waals surface area (Å²) in [7, 11) is -3.68. The lowest BCUT2D eigenvalue weighted by Crippen LogP contribution is -2.51. The monoisotopic (exact) mass is 348 g/mol. The Morgan fingerprint density at radius 1 is 1.52 bits per heavy atom. The van der Waals surface area contributed by atoms with Crippen molar-refractivity contribution in [3.05, 3.63) is 28.8 Å². The Kier molecular flexibility index (Phi) is 4.89. The molecule has 0 bridgehead atoms. The molecule has 0 spiro atoms. The van der Waals surface area contributed by atoms with Gasteiger partial charge < -0.3 is 10.5 Å². The first-order valence-corrected chi connectivity index (χ1v) is 8.72. The van der Waals surface area contributed by atoms with Crippen LogP contribution in [-0.4, -0.2) is 32.2 Å². The second kappa shape index (κ2) is 6.18. The fourth-order valence-electron chi connectivity index (χ4n) is 2.26. The molecular weight excluding hydrogens is 332 g/mol. The van der Waals surface area contributed by atoms with Gasteiger partial charge in [-0.3, -0.25) is 0 Å². The summed E-state index contributed by atoms with van der Waals surface area (Å²) in [6.45, 7) is 2.84. The van der Waals surface area contributed by atoms with Gasteiger partial charge in [0.05, 0.1) is 22.1 Å². The minimum atomic E-state index is -3.68. The highest BCUT2D eigenvalue weighted by Gasteiger charge is 2.33. The molecular formula is C13H17ClN2O3S2. The predicted molar refractivity (Wildman–Crippen MR) is 86.1 cm³/mol. The molecule has 21 heavy (non-hydrogen) atoms. The van der Waals surface area contributed by atoms with Crippen LogP contribution < -0.4 is 10.5 Å². The number of sulfonamides is 1. The quantitative estimate of drug-likeness (QED) is 0.811. The van der Waals surface area contributed by atoms with E-state index in [4.69, 9.17) is 34.3 Å². The molecule has 1 aromatic rings. The molecule has 8 heteroatoms. The van der Waals surface area contributed by atoms with E-state index in [2.05, 4.69) is 4.72 Å². The third-order valence-electron chi connectivity index (χ3n) is 3.33. The van der Waals surface area contributed by atoms with E-state index in [9.17, 15) is 8.42 Å². The van der Waals surface area contributed by atoms with Gasteiger partial charge in [0.15, 0.2) is 0 Å². The van der Waals surface area contributed by atoms with Crippen molar-refractivity contribution < 1.29 is 13.2 Å². The Bertz CT molecular complexity index is 655. The normalized spacial score (nSPS) is 23.0. The average Bonchev–Trinajstić information content (AvgIpc) is 2.37. The van der Waals surface area contributed by atoms with E-state index < -0.39 is 15.6 Å². The highest BCUT2D eigenvalue weighted by Crippen LogP contribution is 2.24. The van der Waals surface area contributed by atoms with Crippen LogP contribution in [0.2, 0.25) is 5.02 Å². The summed E-state index contributed by atoms with van der Waals surface area (Å²) in [5, 5.41) is 0.218. The van der Waals surface area contributed by atoms with Gasteiger partial charge in [0, 0.05) is 12.2 Å². The first-order valence-electron chi connectivity index (χ1n) is 6.45. The molecule has 2 rings (SSSR count). The van der Waals surface area contributed by atoms with Gasteiger partial charge in [-0.1, -0.05) is 23.8 Å². The zero-order valence-electron chi connectivity index (χ0n) is 11.6. The molecule has 1 saturated heterocycles. The Morgan fingerprint density at radius 2 is 2.24 bits per heavy atom. The van der Waals surface area contributed by atoms with Crippen molar-refractivity contribution in [2.24, 2.45) is 5.73 Å². The van der Waals surface area contributed by atoms with Crippen LogP contribution in [0.3, 0.4) is 0 Å². The molecule has 0 aliphatic carbocycles. The minimum Gasteiger partial charge on any atom is -0.389 e. The van der Waals surface area contributed by atoms with E-state index in [0.717, 1.165) is 12.8 Å². The minimum absolute atomic E-state index is 0.0827. The van der Waals surface area contributed by atoms with Crippen LogP contribution in [0.15, 0.2) is 23.1 Å². The van der Waals surface area contributed by atoms with Crippen LogP contribution >= 0.6 is 23.8 Å². The van der Waals surface area contributed by atoms with Gasteiger partial charge >= 0.3 is 0 Å². The van der Waals surface area contributed by atoms with Crippen molar-refractivity contribution in [1.82, 2.24) is 4.72 Å². The molecule has 1 aromatic carbocycles. The number of hydrogen-bond donors (Lipinski definition) is 2. The van der Waals surface area contributed by atoms with Gasteiger partial charge in [-0.15, -0.1) is 0 Å². The molecule has 1 atom stereocenters. The SMILES string of the molecule is CC1(NS(=O)(=O)c2ccc(C(N)=S)c(Cl)c2)CCCOC1.